The maximum Gasteiger partial charge on any atom is 0.433 e. The predicted octanol–water partition coefficient (Wildman–Crippen LogP) is 0.694. The molecule has 1 amide bonds. The number of hydrogen-bond donors (Lipinski definition) is 1. The molecule has 1 unspecified atom stereocenters. The van der Waals surface area contributed by atoms with Crippen LogP contribution in [0.15, 0.2) is 6.07 Å². The highest BCUT2D eigenvalue weighted by Gasteiger charge is 2.35. The highest BCUT2D eigenvalue weighted by molar-refractivity contribution is 5.78. The van der Waals surface area contributed by atoms with Crippen LogP contribution in [0.3, 0.4) is 0 Å². The Labute approximate surface area is 135 Å². The third-order valence-electron chi connectivity index (χ3n) is 4.05. The van der Waals surface area contributed by atoms with Crippen molar-refractivity contribution < 1.29 is 18.0 Å². The number of amides is 1. The molecule has 0 saturated heterocycles. The van der Waals surface area contributed by atoms with E-state index in [1.165, 1.54) is 7.05 Å². The van der Waals surface area contributed by atoms with Crippen LogP contribution in [0.5, 0.6) is 0 Å². The van der Waals surface area contributed by atoms with Crippen molar-refractivity contribution in [3.05, 3.63) is 23.3 Å². The second kappa shape index (κ2) is 6.21. The Kier molecular flexibility index (Phi) is 4.24. The lowest BCUT2D eigenvalue weighted by Gasteiger charge is -2.13. The Balaban J connectivity index is 1.57. The summed E-state index contributed by atoms with van der Waals surface area (Å²) < 4.78 is 40.6. The second-order valence-corrected chi connectivity index (χ2v) is 5.70. The number of carbonyl (C=O) groups is 1. The van der Waals surface area contributed by atoms with E-state index in [9.17, 15) is 18.0 Å². The molecule has 0 aromatic carbocycles. The number of halogens is 3. The number of alkyl halides is 3. The summed E-state index contributed by atoms with van der Waals surface area (Å²) in [6, 6.07) is 0.943. The molecular formula is C13H16F3N7O. The highest BCUT2D eigenvalue weighted by atomic mass is 19.4. The lowest BCUT2D eigenvalue weighted by atomic mass is 9.99. The SMILES string of the molecule is Cn1nc(CNC(=O)C2CCc3nnnn3CC2)cc1C(F)(F)F. The molecule has 1 aliphatic heterocycles. The van der Waals surface area contributed by atoms with Gasteiger partial charge in [0.2, 0.25) is 5.91 Å². The summed E-state index contributed by atoms with van der Waals surface area (Å²) >= 11 is 0. The number of rotatable bonds is 3. The minimum atomic E-state index is -4.47. The molecule has 0 fully saturated rings. The van der Waals surface area contributed by atoms with Gasteiger partial charge in [0.1, 0.15) is 5.69 Å². The van der Waals surface area contributed by atoms with Crippen LogP contribution in [0, 0.1) is 5.92 Å². The van der Waals surface area contributed by atoms with Crippen molar-refractivity contribution in [1.82, 2.24) is 35.3 Å². The topological polar surface area (TPSA) is 90.5 Å². The van der Waals surface area contributed by atoms with Gasteiger partial charge in [-0.3, -0.25) is 9.48 Å². The van der Waals surface area contributed by atoms with Gasteiger partial charge in [-0.25, -0.2) is 4.68 Å². The molecule has 2 aromatic rings. The Morgan fingerprint density at radius 2 is 2.21 bits per heavy atom. The Hall–Kier alpha value is -2.46. The number of nitrogens with one attached hydrogen (secondary N) is 1. The molecule has 2 aromatic heterocycles. The number of carbonyl (C=O) groups excluding carboxylic acids is 1. The van der Waals surface area contributed by atoms with Gasteiger partial charge in [0.15, 0.2) is 5.82 Å². The minimum Gasteiger partial charge on any atom is -0.350 e. The zero-order chi connectivity index (χ0) is 17.3. The van der Waals surface area contributed by atoms with Crippen LogP contribution in [0.25, 0.3) is 0 Å². The molecule has 1 aliphatic rings. The fourth-order valence-electron chi connectivity index (χ4n) is 2.76. The summed E-state index contributed by atoms with van der Waals surface area (Å²) in [4.78, 5) is 12.3. The molecule has 3 rings (SSSR count). The third-order valence-corrected chi connectivity index (χ3v) is 4.05. The summed E-state index contributed by atoms with van der Waals surface area (Å²) in [6.07, 6.45) is -2.69. The minimum absolute atomic E-state index is 0.0381. The lowest BCUT2D eigenvalue weighted by molar-refractivity contribution is -0.143. The molecule has 11 heteroatoms. The molecule has 130 valence electrons. The molecule has 0 radical (unpaired) electrons. The summed E-state index contributed by atoms with van der Waals surface area (Å²) in [6.45, 7) is 0.506. The van der Waals surface area contributed by atoms with Crippen LogP contribution < -0.4 is 5.32 Å². The van der Waals surface area contributed by atoms with E-state index in [1.54, 1.807) is 4.68 Å². The molecule has 0 saturated carbocycles. The van der Waals surface area contributed by atoms with Crippen molar-refractivity contribution in [2.75, 3.05) is 0 Å². The molecule has 8 nitrogen and oxygen atoms in total. The second-order valence-electron chi connectivity index (χ2n) is 5.70. The van der Waals surface area contributed by atoms with E-state index in [-0.39, 0.29) is 24.1 Å². The standard InChI is InChI=1S/C13H16F3N7O/c1-22-10(13(14,15)16)6-9(19-22)7-17-12(24)8-2-3-11-18-20-21-23(11)5-4-8/h6,8H,2-5,7H2,1H3,(H,17,24). The van der Waals surface area contributed by atoms with Crippen LogP contribution in [-0.4, -0.2) is 35.9 Å². The quantitative estimate of drug-likeness (QED) is 0.886. The number of aryl methyl sites for hydroxylation is 3. The van der Waals surface area contributed by atoms with Crippen molar-refractivity contribution >= 4 is 5.91 Å². The largest absolute Gasteiger partial charge is 0.433 e. The molecule has 1 atom stereocenters. The third kappa shape index (κ3) is 3.39. The van der Waals surface area contributed by atoms with Crippen LogP contribution in [0.4, 0.5) is 13.2 Å². The molecule has 0 bridgehead atoms. The van der Waals surface area contributed by atoms with Gasteiger partial charge in [-0.15, -0.1) is 5.10 Å². The zero-order valence-electron chi connectivity index (χ0n) is 12.9. The van der Waals surface area contributed by atoms with Crippen LogP contribution in [0.2, 0.25) is 0 Å². The maximum atomic E-state index is 12.7. The van der Waals surface area contributed by atoms with E-state index < -0.39 is 11.9 Å². The van der Waals surface area contributed by atoms with Gasteiger partial charge in [0.25, 0.3) is 0 Å². The number of hydrogen-bond acceptors (Lipinski definition) is 5. The van der Waals surface area contributed by atoms with Gasteiger partial charge in [-0.05, 0) is 29.3 Å². The maximum absolute atomic E-state index is 12.7. The Morgan fingerprint density at radius 1 is 1.42 bits per heavy atom. The average molecular weight is 343 g/mol. The number of fused-ring (bicyclic) bond motifs is 1. The van der Waals surface area contributed by atoms with Gasteiger partial charge in [-0.2, -0.15) is 18.3 Å². The van der Waals surface area contributed by atoms with E-state index in [0.717, 1.165) is 16.6 Å². The Bertz CT molecular complexity index is 714. The number of nitrogens with zero attached hydrogens (tertiary/aromatic N) is 6. The normalized spacial score (nSPS) is 18.1. The molecule has 0 aliphatic carbocycles. The fourth-order valence-corrected chi connectivity index (χ4v) is 2.76. The zero-order valence-corrected chi connectivity index (χ0v) is 12.9. The van der Waals surface area contributed by atoms with Gasteiger partial charge in [0, 0.05) is 25.9 Å². The van der Waals surface area contributed by atoms with Gasteiger partial charge < -0.3 is 5.32 Å². The fraction of sp³-hybridized carbons (Fsp3) is 0.615. The van der Waals surface area contributed by atoms with Crippen LogP contribution in [-0.2, 0) is 37.5 Å². The van der Waals surface area contributed by atoms with Crippen molar-refractivity contribution in [3.8, 4) is 0 Å². The summed E-state index contributed by atoms with van der Waals surface area (Å²) in [5.41, 5.74) is -0.671. The van der Waals surface area contributed by atoms with E-state index in [1.807, 2.05) is 0 Å². The Morgan fingerprint density at radius 3 is 2.92 bits per heavy atom. The summed E-state index contributed by atoms with van der Waals surface area (Å²) in [5.74, 6) is 0.303. The summed E-state index contributed by atoms with van der Waals surface area (Å²) in [5, 5.41) is 17.8. The van der Waals surface area contributed by atoms with E-state index >= 15 is 0 Å². The van der Waals surface area contributed by atoms with Crippen LogP contribution >= 0.6 is 0 Å². The van der Waals surface area contributed by atoms with Gasteiger partial charge in [-0.1, -0.05) is 0 Å². The van der Waals surface area contributed by atoms with Gasteiger partial charge >= 0.3 is 6.18 Å². The van der Waals surface area contributed by atoms with Crippen molar-refractivity contribution in [2.24, 2.45) is 13.0 Å². The average Bonchev–Trinajstić information content (AvgIpc) is 3.06. The van der Waals surface area contributed by atoms with Crippen molar-refractivity contribution in [2.45, 2.75) is 38.5 Å². The van der Waals surface area contributed by atoms with Crippen LogP contribution in [0.1, 0.15) is 30.1 Å². The van der Waals surface area contributed by atoms with E-state index in [0.29, 0.717) is 25.8 Å². The highest BCUT2D eigenvalue weighted by Crippen LogP contribution is 2.29. The predicted molar refractivity (Wildman–Crippen MR) is 74.3 cm³/mol. The molecular weight excluding hydrogens is 327 g/mol. The first-order chi connectivity index (χ1) is 11.3. The first-order valence-corrected chi connectivity index (χ1v) is 7.47. The monoisotopic (exact) mass is 343 g/mol. The van der Waals surface area contributed by atoms with Crippen molar-refractivity contribution in [1.29, 1.82) is 0 Å². The molecule has 3 heterocycles. The first-order valence-electron chi connectivity index (χ1n) is 7.47. The number of aromatic nitrogens is 6. The summed E-state index contributed by atoms with van der Waals surface area (Å²) in [7, 11) is 1.22. The van der Waals surface area contributed by atoms with Crippen molar-refractivity contribution in [3.63, 3.8) is 0 Å². The lowest BCUT2D eigenvalue weighted by Crippen LogP contribution is -2.30. The van der Waals surface area contributed by atoms with Gasteiger partial charge in [0.05, 0.1) is 12.2 Å². The molecule has 0 spiro atoms. The van der Waals surface area contributed by atoms with E-state index in [2.05, 4.69) is 25.9 Å². The first kappa shape index (κ1) is 16.4. The smallest absolute Gasteiger partial charge is 0.350 e. The number of tetrazole rings is 1. The molecule has 1 N–H and O–H groups in total. The molecule has 24 heavy (non-hydrogen) atoms. The van der Waals surface area contributed by atoms with E-state index in [4.69, 9.17) is 0 Å².